The smallest absolute Gasteiger partial charge is 0.113 e. The molecule has 1 aliphatic carbocycles. The standard InChI is InChI=1S/C12H20N2OS/c1-9-10(2)16-11(14-9)12(5-4-6-12)13-7-8-15-3/h13H,4-8H2,1-3H3. The molecule has 1 fully saturated rings. The van der Waals surface area contributed by atoms with E-state index in [1.165, 1.54) is 34.8 Å². The Hall–Kier alpha value is -0.450. The van der Waals surface area contributed by atoms with Crippen LogP contribution in [0.25, 0.3) is 0 Å². The Bertz CT molecular complexity index is 338. The molecule has 0 spiro atoms. The van der Waals surface area contributed by atoms with E-state index in [2.05, 4.69) is 19.2 Å². The van der Waals surface area contributed by atoms with Crippen LogP contribution in [0.2, 0.25) is 0 Å². The Morgan fingerprint density at radius 1 is 1.44 bits per heavy atom. The molecule has 1 aromatic heterocycles. The highest BCUT2D eigenvalue weighted by Crippen LogP contribution is 2.43. The second kappa shape index (κ2) is 4.82. The third kappa shape index (κ3) is 2.14. The summed E-state index contributed by atoms with van der Waals surface area (Å²) in [6, 6.07) is 0. The summed E-state index contributed by atoms with van der Waals surface area (Å²) in [5.41, 5.74) is 1.34. The first-order chi connectivity index (χ1) is 7.68. The molecule has 0 aliphatic heterocycles. The minimum Gasteiger partial charge on any atom is -0.383 e. The molecule has 0 bridgehead atoms. The largest absolute Gasteiger partial charge is 0.383 e. The lowest BCUT2D eigenvalue weighted by Gasteiger charge is -2.41. The minimum atomic E-state index is 0.155. The minimum absolute atomic E-state index is 0.155. The van der Waals surface area contributed by atoms with Crippen LogP contribution < -0.4 is 5.32 Å². The quantitative estimate of drug-likeness (QED) is 0.802. The van der Waals surface area contributed by atoms with Gasteiger partial charge in [-0.2, -0.15) is 0 Å². The molecule has 1 heterocycles. The molecule has 1 aromatic rings. The van der Waals surface area contributed by atoms with Crippen molar-refractivity contribution in [3.05, 3.63) is 15.6 Å². The third-order valence-electron chi connectivity index (χ3n) is 3.41. The predicted octanol–water partition coefficient (Wildman–Crippen LogP) is 2.38. The lowest BCUT2D eigenvalue weighted by Crippen LogP contribution is -2.49. The second-order valence-corrected chi connectivity index (χ2v) is 5.72. The van der Waals surface area contributed by atoms with Gasteiger partial charge in [-0.05, 0) is 33.1 Å². The summed E-state index contributed by atoms with van der Waals surface area (Å²) in [5, 5.41) is 4.88. The van der Waals surface area contributed by atoms with Crippen molar-refractivity contribution in [3.63, 3.8) is 0 Å². The highest BCUT2D eigenvalue weighted by atomic mass is 32.1. The first-order valence-electron chi connectivity index (χ1n) is 5.86. The molecule has 4 heteroatoms. The number of hydrogen-bond acceptors (Lipinski definition) is 4. The van der Waals surface area contributed by atoms with E-state index in [4.69, 9.17) is 9.72 Å². The summed E-state index contributed by atoms with van der Waals surface area (Å²) in [6.07, 6.45) is 3.73. The highest BCUT2D eigenvalue weighted by Gasteiger charge is 2.40. The number of thiazole rings is 1. The Balaban J connectivity index is 2.08. The van der Waals surface area contributed by atoms with E-state index in [0.29, 0.717) is 0 Å². The van der Waals surface area contributed by atoms with Crippen LogP contribution in [0.15, 0.2) is 0 Å². The van der Waals surface area contributed by atoms with Crippen LogP contribution in [0.3, 0.4) is 0 Å². The Morgan fingerprint density at radius 2 is 2.19 bits per heavy atom. The number of aryl methyl sites for hydroxylation is 2. The van der Waals surface area contributed by atoms with Gasteiger partial charge in [0.15, 0.2) is 0 Å². The highest BCUT2D eigenvalue weighted by molar-refractivity contribution is 7.11. The molecule has 1 saturated carbocycles. The van der Waals surface area contributed by atoms with Crippen LogP contribution in [-0.2, 0) is 10.3 Å². The number of ether oxygens (including phenoxy) is 1. The zero-order chi connectivity index (χ0) is 11.6. The summed E-state index contributed by atoms with van der Waals surface area (Å²) < 4.78 is 5.09. The fourth-order valence-electron chi connectivity index (χ4n) is 2.07. The molecule has 3 nitrogen and oxygen atoms in total. The molecule has 0 saturated heterocycles. The molecular formula is C12H20N2OS. The van der Waals surface area contributed by atoms with E-state index >= 15 is 0 Å². The van der Waals surface area contributed by atoms with Gasteiger partial charge in [-0.3, -0.25) is 0 Å². The molecule has 0 atom stereocenters. The van der Waals surface area contributed by atoms with Gasteiger partial charge in [-0.25, -0.2) is 4.98 Å². The van der Waals surface area contributed by atoms with Crippen molar-refractivity contribution in [3.8, 4) is 0 Å². The van der Waals surface area contributed by atoms with Gasteiger partial charge in [0, 0.05) is 18.5 Å². The van der Waals surface area contributed by atoms with E-state index in [1.807, 2.05) is 11.3 Å². The molecule has 0 radical (unpaired) electrons. The van der Waals surface area contributed by atoms with Gasteiger partial charge < -0.3 is 10.1 Å². The molecular weight excluding hydrogens is 220 g/mol. The fraction of sp³-hybridized carbons (Fsp3) is 0.750. The van der Waals surface area contributed by atoms with Crippen LogP contribution in [0.1, 0.15) is 34.8 Å². The van der Waals surface area contributed by atoms with Crippen molar-refractivity contribution in [2.75, 3.05) is 20.3 Å². The molecule has 2 rings (SSSR count). The van der Waals surface area contributed by atoms with Crippen LogP contribution >= 0.6 is 11.3 Å². The average Bonchev–Trinajstić information content (AvgIpc) is 2.52. The van der Waals surface area contributed by atoms with Crippen molar-refractivity contribution >= 4 is 11.3 Å². The van der Waals surface area contributed by atoms with Gasteiger partial charge in [0.25, 0.3) is 0 Å². The molecule has 1 N–H and O–H groups in total. The van der Waals surface area contributed by atoms with Crippen molar-refractivity contribution in [1.82, 2.24) is 10.3 Å². The van der Waals surface area contributed by atoms with Gasteiger partial charge in [0.2, 0.25) is 0 Å². The molecule has 0 aromatic carbocycles. The summed E-state index contributed by atoms with van der Waals surface area (Å²) in [7, 11) is 1.74. The Kier molecular flexibility index (Phi) is 3.62. The van der Waals surface area contributed by atoms with Gasteiger partial charge >= 0.3 is 0 Å². The average molecular weight is 240 g/mol. The maximum atomic E-state index is 5.09. The van der Waals surface area contributed by atoms with Crippen LogP contribution in [-0.4, -0.2) is 25.2 Å². The monoisotopic (exact) mass is 240 g/mol. The van der Waals surface area contributed by atoms with Gasteiger partial charge in [0.1, 0.15) is 5.01 Å². The molecule has 16 heavy (non-hydrogen) atoms. The van der Waals surface area contributed by atoms with Crippen molar-refractivity contribution in [2.24, 2.45) is 0 Å². The molecule has 1 aliphatic rings. The van der Waals surface area contributed by atoms with Crippen molar-refractivity contribution < 1.29 is 4.74 Å². The van der Waals surface area contributed by atoms with Gasteiger partial charge in [0.05, 0.1) is 17.8 Å². The zero-order valence-electron chi connectivity index (χ0n) is 10.3. The number of nitrogens with zero attached hydrogens (tertiary/aromatic N) is 1. The number of methoxy groups -OCH3 is 1. The number of hydrogen-bond donors (Lipinski definition) is 1. The van der Waals surface area contributed by atoms with Crippen molar-refractivity contribution in [1.29, 1.82) is 0 Å². The number of nitrogens with one attached hydrogen (secondary N) is 1. The van der Waals surface area contributed by atoms with E-state index < -0.39 is 0 Å². The van der Waals surface area contributed by atoms with Crippen LogP contribution in [0.5, 0.6) is 0 Å². The van der Waals surface area contributed by atoms with E-state index in [9.17, 15) is 0 Å². The van der Waals surface area contributed by atoms with E-state index in [1.54, 1.807) is 7.11 Å². The number of aromatic nitrogens is 1. The maximum absolute atomic E-state index is 5.09. The molecule has 0 amide bonds. The zero-order valence-corrected chi connectivity index (χ0v) is 11.1. The summed E-state index contributed by atoms with van der Waals surface area (Å²) in [6.45, 7) is 5.92. The van der Waals surface area contributed by atoms with E-state index in [0.717, 1.165) is 13.2 Å². The first kappa shape index (κ1) is 12.0. The Morgan fingerprint density at radius 3 is 2.62 bits per heavy atom. The van der Waals surface area contributed by atoms with Crippen molar-refractivity contribution in [2.45, 2.75) is 38.6 Å². The first-order valence-corrected chi connectivity index (χ1v) is 6.68. The second-order valence-electron chi connectivity index (χ2n) is 4.52. The molecule has 0 unspecified atom stereocenters. The Labute approximate surface area is 101 Å². The predicted molar refractivity (Wildman–Crippen MR) is 67.0 cm³/mol. The van der Waals surface area contributed by atoms with Gasteiger partial charge in [-0.15, -0.1) is 11.3 Å². The number of rotatable bonds is 5. The van der Waals surface area contributed by atoms with Crippen LogP contribution in [0, 0.1) is 13.8 Å². The SMILES string of the molecule is COCCNC1(c2nc(C)c(C)s2)CCC1. The lowest BCUT2D eigenvalue weighted by molar-refractivity contribution is 0.145. The lowest BCUT2D eigenvalue weighted by atomic mass is 9.77. The normalized spacial score (nSPS) is 18.4. The van der Waals surface area contributed by atoms with Crippen LogP contribution in [0.4, 0.5) is 0 Å². The molecule has 90 valence electrons. The topological polar surface area (TPSA) is 34.1 Å². The summed E-state index contributed by atoms with van der Waals surface area (Å²) in [5.74, 6) is 0. The summed E-state index contributed by atoms with van der Waals surface area (Å²) >= 11 is 1.84. The summed E-state index contributed by atoms with van der Waals surface area (Å²) in [4.78, 5) is 6.04. The van der Waals surface area contributed by atoms with E-state index in [-0.39, 0.29) is 5.54 Å². The fourth-order valence-corrected chi connectivity index (χ4v) is 3.20. The third-order valence-corrected chi connectivity index (χ3v) is 4.69. The maximum Gasteiger partial charge on any atom is 0.113 e. The van der Waals surface area contributed by atoms with Gasteiger partial charge in [-0.1, -0.05) is 0 Å².